The van der Waals surface area contributed by atoms with Crippen molar-refractivity contribution in [3.8, 4) is 5.75 Å². The molecule has 5 heteroatoms. The minimum atomic E-state index is -0.487. The fourth-order valence-electron chi connectivity index (χ4n) is 5.77. The quantitative estimate of drug-likeness (QED) is 0.0492. The van der Waals surface area contributed by atoms with Gasteiger partial charge in [0.2, 0.25) is 0 Å². The molecule has 53 heavy (non-hydrogen) atoms. The van der Waals surface area contributed by atoms with E-state index in [2.05, 4.69) is 133 Å². The number of carbonyl (C=O) groups excluding carboxylic acids is 2. The Balaban J connectivity index is 1.17. The Morgan fingerprint density at radius 1 is 0.528 bits per heavy atom. The molecule has 6 rings (SSSR count). The Hall–Kier alpha value is -6.98. The molecule has 0 spiro atoms. The minimum Gasteiger partial charge on any atom is -0.462 e. The van der Waals surface area contributed by atoms with E-state index in [9.17, 15) is 9.59 Å². The van der Waals surface area contributed by atoms with Crippen LogP contribution in [0.15, 0.2) is 183 Å². The summed E-state index contributed by atoms with van der Waals surface area (Å²) in [7, 11) is 0. The fraction of sp³-hybridized carbons (Fsp3) is 0.0417. The molecule has 0 saturated heterocycles. The normalized spacial score (nSPS) is 11.1. The summed E-state index contributed by atoms with van der Waals surface area (Å²) < 4.78 is 10.4. The summed E-state index contributed by atoms with van der Waals surface area (Å²) in [4.78, 5) is 25.2. The number of hydrogen-bond donors (Lipinski definition) is 0. The summed E-state index contributed by atoms with van der Waals surface area (Å²) in [6.07, 6.45) is 9.36. The van der Waals surface area contributed by atoms with E-state index in [1.54, 1.807) is 12.1 Å². The van der Waals surface area contributed by atoms with Gasteiger partial charge in [0.15, 0.2) is 0 Å². The van der Waals surface area contributed by atoms with Gasteiger partial charge in [0, 0.05) is 35.6 Å². The summed E-state index contributed by atoms with van der Waals surface area (Å²) in [6.45, 7) is 7.22. The first-order valence-corrected chi connectivity index (χ1v) is 17.3. The molecule has 0 bridgehead atoms. The zero-order valence-electron chi connectivity index (χ0n) is 29.3. The molecule has 6 aromatic carbocycles. The Bertz CT molecular complexity index is 2200. The van der Waals surface area contributed by atoms with Crippen molar-refractivity contribution >= 4 is 52.8 Å². The van der Waals surface area contributed by atoms with Crippen molar-refractivity contribution in [2.75, 3.05) is 11.5 Å². The van der Waals surface area contributed by atoms with Gasteiger partial charge in [-0.15, -0.1) is 0 Å². The smallest absolute Gasteiger partial charge is 0.335 e. The number of rotatable bonds is 14. The molecule has 0 atom stereocenters. The summed E-state index contributed by atoms with van der Waals surface area (Å²) in [5, 5.41) is 0. The van der Waals surface area contributed by atoms with E-state index in [1.165, 1.54) is 6.08 Å². The van der Waals surface area contributed by atoms with E-state index in [-0.39, 0.29) is 0 Å². The third-order valence-electron chi connectivity index (χ3n) is 8.51. The van der Waals surface area contributed by atoms with Gasteiger partial charge in [-0.25, -0.2) is 9.59 Å². The molecule has 6 aromatic rings. The first kappa shape index (κ1) is 35.8. The second-order valence-electron chi connectivity index (χ2n) is 12.1. The third kappa shape index (κ3) is 9.84. The van der Waals surface area contributed by atoms with E-state index in [0.29, 0.717) is 18.8 Å². The van der Waals surface area contributed by atoms with E-state index in [1.807, 2.05) is 48.5 Å². The Kier molecular flexibility index (Phi) is 12.0. The van der Waals surface area contributed by atoms with Gasteiger partial charge in [-0.3, -0.25) is 0 Å². The molecule has 260 valence electrons. The molecule has 0 radical (unpaired) electrons. The van der Waals surface area contributed by atoms with Crippen LogP contribution in [0, 0.1) is 0 Å². The van der Waals surface area contributed by atoms with Crippen LogP contribution in [-0.2, 0) is 20.7 Å². The zero-order valence-corrected chi connectivity index (χ0v) is 29.3. The van der Waals surface area contributed by atoms with E-state index in [0.717, 1.165) is 62.1 Å². The predicted molar refractivity (Wildman–Crippen MR) is 217 cm³/mol. The first-order valence-electron chi connectivity index (χ1n) is 17.3. The summed E-state index contributed by atoms with van der Waals surface area (Å²) in [5.41, 5.74) is 10.6. The van der Waals surface area contributed by atoms with E-state index >= 15 is 0 Å². The topological polar surface area (TPSA) is 55.8 Å². The van der Waals surface area contributed by atoms with Crippen molar-refractivity contribution in [3.05, 3.63) is 216 Å². The lowest BCUT2D eigenvalue weighted by Gasteiger charge is -2.25. The fourth-order valence-corrected chi connectivity index (χ4v) is 5.77. The van der Waals surface area contributed by atoms with Crippen LogP contribution in [-0.4, -0.2) is 18.5 Å². The van der Waals surface area contributed by atoms with Crippen LogP contribution in [0.3, 0.4) is 0 Å². The molecule has 0 aliphatic carbocycles. The zero-order chi connectivity index (χ0) is 36.8. The molecule has 5 nitrogen and oxygen atoms in total. The standard InChI is InChI=1S/C48H39NO4/c1-3-47(50)52-34-33-38-23-29-44(30-24-38)49(42-13-9-6-10-14-42)43-27-21-37(22-28-43)16-15-36-17-19-39(20-18-36)35-46(40-11-7-5-8-12-40)41-25-31-45(32-26-41)53-48(51)4-2/h3-32,35H,1-2,33-34H2. The van der Waals surface area contributed by atoms with Crippen molar-refractivity contribution in [3.63, 3.8) is 0 Å². The highest BCUT2D eigenvalue weighted by atomic mass is 16.5. The van der Waals surface area contributed by atoms with Crippen molar-refractivity contribution in [2.24, 2.45) is 0 Å². The molecule has 0 aliphatic heterocycles. The van der Waals surface area contributed by atoms with Crippen LogP contribution in [0.2, 0.25) is 0 Å². The van der Waals surface area contributed by atoms with Gasteiger partial charge in [0.25, 0.3) is 0 Å². The van der Waals surface area contributed by atoms with Gasteiger partial charge >= 0.3 is 11.9 Å². The molecular formula is C48H39NO4. The molecule has 0 amide bonds. The highest BCUT2D eigenvalue weighted by molar-refractivity contribution is 5.92. The Morgan fingerprint density at radius 3 is 1.60 bits per heavy atom. The maximum Gasteiger partial charge on any atom is 0.335 e. The summed E-state index contributed by atoms with van der Waals surface area (Å²) in [5.74, 6) is -0.427. The van der Waals surface area contributed by atoms with Gasteiger partial charge in [0.05, 0.1) is 6.61 Å². The van der Waals surface area contributed by atoms with Crippen molar-refractivity contribution < 1.29 is 19.1 Å². The first-order chi connectivity index (χ1) is 26.0. The average Bonchev–Trinajstić information content (AvgIpc) is 3.21. The lowest BCUT2D eigenvalue weighted by molar-refractivity contribution is -0.137. The summed E-state index contributed by atoms with van der Waals surface area (Å²) >= 11 is 0. The highest BCUT2D eigenvalue weighted by Gasteiger charge is 2.12. The second kappa shape index (κ2) is 17.8. The molecular weight excluding hydrogens is 655 g/mol. The lowest BCUT2D eigenvalue weighted by Crippen LogP contribution is -2.10. The van der Waals surface area contributed by atoms with Crippen LogP contribution >= 0.6 is 0 Å². The van der Waals surface area contributed by atoms with Gasteiger partial charge < -0.3 is 14.4 Å². The number of benzene rings is 6. The molecule has 0 N–H and O–H groups in total. The maximum absolute atomic E-state index is 11.6. The van der Waals surface area contributed by atoms with Gasteiger partial charge in [-0.1, -0.05) is 135 Å². The largest absolute Gasteiger partial charge is 0.462 e. The van der Waals surface area contributed by atoms with Gasteiger partial charge in [0.1, 0.15) is 5.75 Å². The van der Waals surface area contributed by atoms with E-state index < -0.39 is 11.9 Å². The van der Waals surface area contributed by atoms with Gasteiger partial charge in [-0.05, 0) is 93.6 Å². The Labute approximate surface area is 311 Å². The number of hydrogen-bond acceptors (Lipinski definition) is 5. The van der Waals surface area contributed by atoms with Gasteiger partial charge in [-0.2, -0.15) is 0 Å². The van der Waals surface area contributed by atoms with Crippen LogP contribution in [0.4, 0.5) is 17.1 Å². The monoisotopic (exact) mass is 693 g/mol. The Morgan fingerprint density at radius 2 is 1.02 bits per heavy atom. The molecule has 0 unspecified atom stereocenters. The number of ether oxygens (including phenoxy) is 2. The minimum absolute atomic E-state index is 0.312. The predicted octanol–water partition coefficient (Wildman–Crippen LogP) is 11.3. The number of anilines is 3. The average molecular weight is 694 g/mol. The second-order valence-corrected chi connectivity index (χ2v) is 12.1. The van der Waals surface area contributed by atoms with Crippen LogP contribution in [0.5, 0.6) is 5.75 Å². The number of carbonyl (C=O) groups is 2. The highest BCUT2D eigenvalue weighted by Crippen LogP contribution is 2.35. The van der Waals surface area contributed by atoms with Crippen molar-refractivity contribution in [2.45, 2.75) is 6.42 Å². The van der Waals surface area contributed by atoms with Crippen LogP contribution in [0.25, 0.3) is 23.8 Å². The molecule has 0 aliphatic rings. The van der Waals surface area contributed by atoms with Crippen molar-refractivity contribution in [1.82, 2.24) is 0 Å². The molecule has 0 heterocycles. The van der Waals surface area contributed by atoms with Crippen LogP contribution < -0.4 is 9.64 Å². The van der Waals surface area contributed by atoms with Crippen LogP contribution in [0.1, 0.15) is 33.4 Å². The lowest BCUT2D eigenvalue weighted by atomic mass is 9.95. The number of nitrogens with zero attached hydrogens (tertiary/aromatic N) is 1. The third-order valence-corrected chi connectivity index (χ3v) is 8.51. The number of para-hydroxylation sites is 1. The molecule has 0 saturated carbocycles. The number of esters is 2. The SMILES string of the molecule is C=CC(=O)OCCc1ccc(N(c2ccccc2)c2ccc(C=Cc3ccc(C=C(c4ccccc4)c4ccc(OC(=O)C=C)cc4)cc3)cc2)cc1. The maximum atomic E-state index is 11.6. The summed E-state index contributed by atoms with van der Waals surface area (Å²) in [6, 6.07) is 53.3. The molecule has 0 aromatic heterocycles. The van der Waals surface area contributed by atoms with Crippen molar-refractivity contribution in [1.29, 1.82) is 0 Å². The molecule has 0 fully saturated rings. The van der Waals surface area contributed by atoms with E-state index in [4.69, 9.17) is 9.47 Å².